The monoisotopic (exact) mass is 452 g/mol. The summed E-state index contributed by atoms with van der Waals surface area (Å²) >= 11 is 0. The summed E-state index contributed by atoms with van der Waals surface area (Å²) < 4.78 is 15.4. The number of para-hydroxylation sites is 2. The molecule has 0 aliphatic carbocycles. The summed E-state index contributed by atoms with van der Waals surface area (Å²) in [5, 5.41) is 6.49. The molecule has 2 heterocycles. The maximum Gasteiger partial charge on any atom is 0.220 e. The van der Waals surface area contributed by atoms with E-state index in [9.17, 15) is 9.18 Å². The molecule has 3 aromatic rings. The highest BCUT2D eigenvalue weighted by Crippen LogP contribution is 2.21. The van der Waals surface area contributed by atoms with E-state index < -0.39 is 0 Å². The molecule has 2 N–H and O–H groups in total. The van der Waals surface area contributed by atoms with Gasteiger partial charge in [-0.2, -0.15) is 0 Å². The topological polar surface area (TPSA) is 59.0 Å². The van der Waals surface area contributed by atoms with Crippen molar-refractivity contribution in [3.63, 3.8) is 0 Å². The molecule has 1 aliphatic rings. The molecule has 8 heteroatoms. The highest BCUT2D eigenvalue weighted by molar-refractivity contribution is 5.85. The van der Waals surface area contributed by atoms with Crippen molar-refractivity contribution in [3.8, 4) is 0 Å². The van der Waals surface area contributed by atoms with Gasteiger partial charge in [0.2, 0.25) is 5.91 Å². The number of hydrogen-bond acceptors (Lipinski definition) is 3. The van der Waals surface area contributed by atoms with E-state index >= 15 is 0 Å². The van der Waals surface area contributed by atoms with Crippen LogP contribution < -0.4 is 10.6 Å². The van der Waals surface area contributed by atoms with Gasteiger partial charge in [0.1, 0.15) is 5.82 Å². The number of nitrogens with one attached hydrogen (secondary N) is 2. The third-order valence-corrected chi connectivity index (χ3v) is 5.46. The molecule has 2 unspecified atom stereocenters. The Labute approximate surface area is 188 Å². The molecule has 1 fully saturated rings. The first-order valence-electron chi connectivity index (χ1n) is 9.84. The van der Waals surface area contributed by atoms with Gasteiger partial charge in [-0.1, -0.05) is 24.3 Å². The molecule has 2 atom stereocenters. The van der Waals surface area contributed by atoms with E-state index in [1.54, 1.807) is 18.5 Å². The number of imidazole rings is 1. The number of hydrogen-bond donors (Lipinski definition) is 2. The Balaban J connectivity index is 0.00000160. The molecule has 1 saturated heterocycles. The lowest BCUT2D eigenvalue weighted by Gasteiger charge is -2.21. The standard InChI is InChI=1S/C22H25FN4O.2ClH/c23-18-8-6-17(7-9-18)20(26-22(28)10-5-16-11-12-24-13-16)14-27-15-25-19-3-1-2-4-21(19)27;;/h1-4,6-9,15-16,20,24H,5,10-14H2,(H,26,28);2*1H. The van der Waals surface area contributed by atoms with Crippen LogP contribution in [0, 0.1) is 11.7 Å². The maximum atomic E-state index is 13.4. The van der Waals surface area contributed by atoms with Crippen molar-refractivity contribution < 1.29 is 9.18 Å². The average Bonchev–Trinajstić information content (AvgIpc) is 3.37. The predicted octanol–water partition coefficient (Wildman–Crippen LogP) is 4.27. The number of nitrogens with zero attached hydrogens (tertiary/aromatic N) is 2. The smallest absolute Gasteiger partial charge is 0.220 e. The van der Waals surface area contributed by atoms with Gasteiger partial charge in [-0.15, -0.1) is 24.8 Å². The zero-order chi connectivity index (χ0) is 19.3. The fraction of sp³-hybridized carbons (Fsp3) is 0.364. The van der Waals surface area contributed by atoms with E-state index in [4.69, 9.17) is 0 Å². The van der Waals surface area contributed by atoms with Gasteiger partial charge in [0.05, 0.1) is 23.4 Å². The Morgan fingerprint density at radius 1 is 1.20 bits per heavy atom. The van der Waals surface area contributed by atoms with Gasteiger partial charge >= 0.3 is 0 Å². The van der Waals surface area contributed by atoms with Crippen molar-refractivity contribution in [3.05, 3.63) is 66.2 Å². The van der Waals surface area contributed by atoms with Crippen LogP contribution in [0.25, 0.3) is 11.0 Å². The van der Waals surface area contributed by atoms with E-state index in [1.165, 1.54) is 12.1 Å². The van der Waals surface area contributed by atoms with Crippen molar-refractivity contribution in [2.75, 3.05) is 13.1 Å². The van der Waals surface area contributed by atoms with Crippen LogP contribution in [0.3, 0.4) is 0 Å². The summed E-state index contributed by atoms with van der Waals surface area (Å²) in [6.07, 6.45) is 4.32. The number of carbonyl (C=O) groups excluding carboxylic acids is 1. The fourth-order valence-corrected chi connectivity index (χ4v) is 3.84. The van der Waals surface area contributed by atoms with Crippen molar-refractivity contribution >= 4 is 41.8 Å². The number of fused-ring (bicyclic) bond motifs is 1. The van der Waals surface area contributed by atoms with Gasteiger partial charge < -0.3 is 15.2 Å². The number of benzene rings is 2. The average molecular weight is 453 g/mol. The van der Waals surface area contributed by atoms with E-state index in [-0.39, 0.29) is 42.6 Å². The molecule has 30 heavy (non-hydrogen) atoms. The summed E-state index contributed by atoms with van der Waals surface area (Å²) in [5.41, 5.74) is 2.82. The molecule has 1 aliphatic heterocycles. The van der Waals surface area contributed by atoms with Gasteiger partial charge in [-0.05, 0) is 61.7 Å². The van der Waals surface area contributed by atoms with E-state index in [0.717, 1.165) is 42.5 Å². The van der Waals surface area contributed by atoms with Crippen LogP contribution in [-0.4, -0.2) is 28.5 Å². The number of halogens is 3. The Kier molecular flexibility index (Phi) is 9.08. The highest BCUT2D eigenvalue weighted by Gasteiger charge is 2.19. The normalized spacial score (nSPS) is 16.5. The molecule has 0 radical (unpaired) electrons. The Hall–Kier alpha value is -2.15. The second kappa shape index (κ2) is 11.3. The van der Waals surface area contributed by atoms with E-state index in [2.05, 4.69) is 15.6 Å². The Morgan fingerprint density at radius 3 is 2.70 bits per heavy atom. The van der Waals surface area contributed by atoms with Gasteiger partial charge in [-0.3, -0.25) is 4.79 Å². The lowest BCUT2D eigenvalue weighted by molar-refractivity contribution is -0.122. The number of aromatic nitrogens is 2. The minimum Gasteiger partial charge on any atom is -0.347 e. The summed E-state index contributed by atoms with van der Waals surface area (Å²) in [6, 6.07) is 14.0. The minimum absolute atomic E-state index is 0. The van der Waals surface area contributed by atoms with Crippen LogP contribution >= 0.6 is 24.8 Å². The molecule has 1 amide bonds. The summed E-state index contributed by atoms with van der Waals surface area (Å²) in [7, 11) is 0. The minimum atomic E-state index is -0.282. The molecular formula is C22H27Cl2FN4O. The second-order valence-electron chi connectivity index (χ2n) is 7.45. The van der Waals surface area contributed by atoms with E-state index in [1.807, 2.05) is 28.8 Å². The quantitative estimate of drug-likeness (QED) is 0.562. The molecule has 162 valence electrons. The van der Waals surface area contributed by atoms with Crippen molar-refractivity contribution in [1.82, 2.24) is 20.2 Å². The van der Waals surface area contributed by atoms with Crippen molar-refractivity contribution in [1.29, 1.82) is 0 Å². The first-order valence-corrected chi connectivity index (χ1v) is 9.84. The molecule has 2 aromatic carbocycles. The zero-order valence-electron chi connectivity index (χ0n) is 16.6. The SMILES string of the molecule is Cl.Cl.O=C(CCC1CCNC1)NC(Cn1cnc2ccccc21)c1ccc(F)cc1. The number of carbonyl (C=O) groups is 1. The van der Waals surface area contributed by atoms with Gasteiger partial charge in [0.25, 0.3) is 0 Å². The van der Waals surface area contributed by atoms with Crippen molar-refractivity contribution in [2.24, 2.45) is 5.92 Å². The summed E-state index contributed by atoms with van der Waals surface area (Å²) in [4.78, 5) is 17.0. The molecule has 0 spiro atoms. The highest BCUT2D eigenvalue weighted by atomic mass is 35.5. The van der Waals surface area contributed by atoms with Crippen LogP contribution in [0.15, 0.2) is 54.9 Å². The third-order valence-electron chi connectivity index (χ3n) is 5.46. The Bertz CT molecular complexity index is 942. The zero-order valence-corrected chi connectivity index (χ0v) is 18.2. The first kappa shape index (κ1) is 24.1. The molecule has 1 aromatic heterocycles. The van der Waals surface area contributed by atoms with Gasteiger partial charge in [-0.25, -0.2) is 9.37 Å². The molecule has 0 saturated carbocycles. The molecule has 5 nitrogen and oxygen atoms in total. The van der Waals surface area contributed by atoms with Crippen LogP contribution in [0.1, 0.15) is 30.9 Å². The predicted molar refractivity (Wildman–Crippen MR) is 122 cm³/mol. The first-order chi connectivity index (χ1) is 13.7. The maximum absolute atomic E-state index is 13.4. The van der Waals surface area contributed by atoms with Crippen LogP contribution in [0.4, 0.5) is 4.39 Å². The largest absolute Gasteiger partial charge is 0.347 e. The van der Waals surface area contributed by atoms with E-state index in [0.29, 0.717) is 18.9 Å². The second-order valence-corrected chi connectivity index (χ2v) is 7.45. The summed E-state index contributed by atoms with van der Waals surface area (Å²) in [6.45, 7) is 2.58. The Morgan fingerprint density at radius 2 is 1.97 bits per heavy atom. The van der Waals surface area contributed by atoms with Crippen LogP contribution in [0.2, 0.25) is 0 Å². The number of amides is 1. The van der Waals surface area contributed by atoms with Gasteiger partial charge in [0.15, 0.2) is 0 Å². The van der Waals surface area contributed by atoms with Crippen molar-refractivity contribution in [2.45, 2.75) is 31.8 Å². The molecular weight excluding hydrogens is 426 g/mol. The van der Waals surface area contributed by atoms with Gasteiger partial charge in [0, 0.05) is 13.0 Å². The lowest BCUT2D eigenvalue weighted by atomic mass is 10.0. The number of rotatable bonds is 7. The summed E-state index contributed by atoms with van der Waals surface area (Å²) in [5.74, 6) is 0.328. The van der Waals surface area contributed by atoms with Crippen LogP contribution in [0.5, 0.6) is 0 Å². The third kappa shape index (κ3) is 5.94. The fourth-order valence-electron chi connectivity index (χ4n) is 3.84. The molecule has 0 bridgehead atoms. The molecule has 4 rings (SSSR count). The lowest BCUT2D eigenvalue weighted by Crippen LogP contribution is -2.31. The van der Waals surface area contributed by atoms with Crippen LogP contribution in [-0.2, 0) is 11.3 Å².